The van der Waals surface area contributed by atoms with Crippen LogP contribution in [0.5, 0.6) is 0 Å². The summed E-state index contributed by atoms with van der Waals surface area (Å²) in [4.78, 5) is 10.7. The van der Waals surface area contributed by atoms with Crippen LogP contribution in [0.1, 0.15) is 6.42 Å². The molecule has 0 amide bonds. The highest BCUT2D eigenvalue weighted by Gasteiger charge is 3.03. The summed E-state index contributed by atoms with van der Waals surface area (Å²) in [6, 6.07) is 0. The molecule has 0 spiro atoms. The molecule has 0 bridgehead atoms. The zero-order valence-electron chi connectivity index (χ0n) is 6.60. The third-order valence-electron chi connectivity index (χ3n) is 6.14. The van der Waals surface area contributed by atoms with E-state index in [4.69, 9.17) is 5.11 Å². The lowest BCUT2D eigenvalue weighted by Crippen LogP contribution is -3.05. The number of hydrogen-bond donors (Lipinski definition) is 1. The van der Waals surface area contributed by atoms with E-state index in [0.717, 1.165) is 41.4 Å². The van der Waals surface area contributed by atoms with Gasteiger partial charge in [-0.05, 0) is 46.8 Å². The Balaban J connectivity index is 1.60. The third kappa shape index (κ3) is 0.199. The van der Waals surface area contributed by atoms with Crippen molar-refractivity contribution in [1.29, 1.82) is 0 Å². The molecule has 6 saturated carbocycles. The van der Waals surface area contributed by atoms with Gasteiger partial charge in [0, 0.05) is 0 Å². The molecule has 12 heavy (non-hydrogen) atoms. The van der Waals surface area contributed by atoms with Gasteiger partial charge in [-0.1, -0.05) is 0 Å². The van der Waals surface area contributed by atoms with Crippen LogP contribution in [0.2, 0.25) is 0 Å². The molecule has 6 fully saturated rings. The molecule has 0 heterocycles. The molecule has 62 valence electrons. The van der Waals surface area contributed by atoms with Gasteiger partial charge < -0.3 is 5.11 Å². The van der Waals surface area contributed by atoms with E-state index in [9.17, 15) is 4.79 Å². The maximum absolute atomic E-state index is 10.7. The average molecular weight is 162 g/mol. The van der Waals surface area contributed by atoms with Gasteiger partial charge in [0.15, 0.2) is 0 Å². The van der Waals surface area contributed by atoms with Crippen molar-refractivity contribution in [2.24, 2.45) is 46.8 Å². The number of aliphatic carboxylic acids is 1. The van der Waals surface area contributed by atoms with Gasteiger partial charge in [-0.3, -0.25) is 4.79 Å². The molecule has 2 heteroatoms. The van der Waals surface area contributed by atoms with Crippen molar-refractivity contribution >= 4 is 5.97 Å². The Bertz CT molecular complexity index is 295. The van der Waals surface area contributed by atoms with Gasteiger partial charge in [-0.15, -0.1) is 0 Å². The van der Waals surface area contributed by atoms with Crippen LogP contribution in [0.15, 0.2) is 0 Å². The van der Waals surface area contributed by atoms with Gasteiger partial charge in [-0.25, -0.2) is 0 Å². The normalized spacial score (nSPS) is 81.8. The minimum Gasteiger partial charge on any atom is -0.481 e. The Labute approximate surface area is 70.0 Å². The van der Waals surface area contributed by atoms with E-state index in [0.29, 0.717) is 11.8 Å². The maximum Gasteiger partial charge on any atom is 0.303 e. The lowest BCUT2D eigenvalue weighted by molar-refractivity contribution is -0.613. The second-order valence-electron chi connectivity index (χ2n) is 5.57. The van der Waals surface area contributed by atoms with Gasteiger partial charge in [0.25, 0.3) is 0 Å². The number of carboxylic acid groups (broad SMARTS) is 1. The van der Waals surface area contributed by atoms with E-state index in [2.05, 4.69) is 0 Å². The van der Waals surface area contributed by atoms with E-state index in [1.54, 1.807) is 0 Å². The van der Waals surface area contributed by atoms with Crippen LogP contribution >= 0.6 is 0 Å². The molecule has 0 aromatic heterocycles. The Kier molecular flexibility index (Phi) is 0.443. The quantitative estimate of drug-likeness (QED) is 0.653. The summed E-state index contributed by atoms with van der Waals surface area (Å²) in [7, 11) is 0. The van der Waals surface area contributed by atoms with Crippen LogP contribution in [-0.2, 0) is 4.79 Å². The third-order valence-corrected chi connectivity index (χ3v) is 6.14. The summed E-state index contributed by atoms with van der Waals surface area (Å²) in [6.07, 6.45) is 0.503. The van der Waals surface area contributed by atoms with E-state index < -0.39 is 5.97 Å². The summed E-state index contributed by atoms with van der Waals surface area (Å²) >= 11 is 0. The highest BCUT2D eigenvalue weighted by molar-refractivity contribution is 5.71. The topological polar surface area (TPSA) is 37.3 Å². The van der Waals surface area contributed by atoms with Gasteiger partial charge in [-0.2, -0.15) is 0 Å². The highest BCUT2D eigenvalue weighted by Crippen LogP contribution is 3.06. The summed E-state index contributed by atoms with van der Waals surface area (Å²) in [5.74, 6) is 6.36. The van der Waals surface area contributed by atoms with Gasteiger partial charge in [0.1, 0.15) is 0 Å². The fraction of sp³-hybridized carbons (Fsp3) is 0.900. The second kappa shape index (κ2) is 1.01. The molecular formula is C10H10O2. The van der Waals surface area contributed by atoms with Crippen LogP contribution in [0.25, 0.3) is 0 Å². The van der Waals surface area contributed by atoms with Crippen molar-refractivity contribution in [2.45, 2.75) is 6.42 Å². The molecule has 0 saturated heterocycles. The van der Waals surface area contributed by atoms with E-state index in [1.807, 2.05) is 0 Å². The lowest BCUT2D eigenvalue weighted by atomic mass is 8.96. The molecular weight excluding hydrogens is 152 g/mol. The molecule has 6 aliphatic carbocycles. The molecule has 0 radical (unpaired) electrons. The SMILES string of the molecule is O=C(O)CC12C3C4C5C3C1C5C42. The van der Waals surface area contributed by atoms with Crippen LogP contribution in [0.4, 0.5) is 0 Å². The monoisotopic (exact) mass is 162 g/mol. The summed E-state index contributed by atoms with van der Waals surface area (Å²) in [6.45, 7) is 0. The maximum atomic E-state index is 10.7. The van der Waals surface area contributed by atoms with Crippen LogP contribution in [0, 0.1) is 46.8 Å². The Morgan fingerprint density at radius 1 is 1.08 bits per heavy atom. The Hall–Kier alpha value is -0.530. The molecule has 2 nitrogen and oxygen atoms in total. The second-order valence-corrected chi connectivity index (χ2v) is 5.57. The fourth-order valence-electron chi connectivity index (χ4n) is 6.29. The first-order valence-corrected chi connectivity index (χ1v) is 5.00. The summed E-state index contributed by atoms with van der Waals surface area (Å²) in [5, 5.41) is 8.81. The van der Waals surface area contributed by atoms with Gasteiger partial charge in [0.05, 0.1) is 6.42 Å². The minimum atomic E-state index is -0.550. The summed E-state index contributed by atoms with van der Waals surface area (Å²) in [5.41, 5.74) is 0.389. The van der Waals surface area contributed by atoms with Crippen molar-refractivity contribution in [3.63, 3.8) is 0 Å². The van der Waals surface area contributed by atoms with Crippen molar-refractivity contribution < 1.29 is 9.90 Å². The zero-order valence-corrected chi connectivity index (χ0v) is 6.60. The fourth-order valence-corrected chi connectivity index (χ4v) is 6.29. The molecule has 0 aliphatic heterocycles. The van der Waals surface area contributed by atoms with Gasteiger partial charge >= 0.3 is 5.97 Å². The van der Waals surface area contributed by atoms with E-state index in [-0.39, 0.29) is 0 Å². The molecule has 0 aromatic rings. The summed E-state index contributed by atoms with van der Waals surface area (Å²) < 4.78 is 0. The molecule has 6 aliphatic rings. The number of hydrogen-bond acceptors (Lipinski definition) is 1. The largest absolute Gasteiger partial charge is 0.481 e. The van der Waals surface area contributed by atoms with Crippen molar-refractivity contribution in [3.8, 4) is 0 Å². The Morgan fingerprint density at radius 3 is 2.00 bits per heavy atom. The van der Waals surface area contributed by atoms with Crippen molar-refractivity contribution in [3.05, 3.63) is 0 Å². The van der Waals surface area contributed by atoms with Crippen molar-refractivity contribution in [2.75, 3.05) is 0 Å². The predicted molar refractivity (Wildman–Crippen MR) is 39.1 cm³/mol. The first kappa shape index (κ1) is 5.25. The van der Waals surface area contributed by atoms with Gasteiger partial charge in [0.2, 0.25) is 0 Å². The number of carbonyl (C=O) groups is 1. The Morgan fingerprint density at radius 2 is 1.58 bits per heavy atom. The first-order chi connectivity index (χ1) is 5.78. The molecule has 0 unspecified atom stereocenters. The highest BCUT2D eigenvalue weighted by atomic mass is 16.4. The lowest BCUT2D eigenvalue weighted by Gasteiger charge is -3.07. The molecule has 0 atom stereocenters. The van der Waals surface area contributed by atoms with Crippen LogP contribution in [0.3, 0.4) is 0 Å². The minimum absolute atomic E-state index is 0.389. The standard InChI is InChI=1S/C10H10O2/c11-2(12)1-10-7-4-3-5(7)9(10)6(3)8(4)10/h3-9H,1H2,(H,11,12). The molecule has 0 aromatic carbocycles. The van der Waals surface area contributed by atoms with E-state index >= 15 is 0 Å². The predicted octanol–water partition coefficient (Wildman–Crippen LogP) is 0.829. The molecule has 6 rings (SSSR count). The molecule has 1 N–H and O–H groups in total. The average Bonchev–Trinajstić information content (AvgIpc) is 2.04. The number of rotatable bonds is 2. The zero-order chi connectivity index (χ0) is 7.83. The first-order valence-electron chi connectivity index (χ1n) is 5.00. The van der Waals surface area contributed by atoms with Crippen LogP contribution < -0.4 is 0 Å². The van der Waals surface area contributed by atoms with Crippen molar-refractivity contribution in [1.82, 2.24) is 0 Å². The van der Waals surface area contributed by atoms with E-state index in [1.165, 1.54) is 0 Å². The smallest absolute Gasteiger partial charge is 0.303 e. The number of carboxylic acids is 1. The van der Waals surface area contributed by atoms with Crippen LogP contribution in [-0.4, -0.2) is 11.1 Å².